The van der Waals surface area contributed by atoms with Gasteiger partial charge in [-0.05, 0) is 30.7 Å². The molecule has 0 aromatic heterocycles. The number of amides is 2. The van der Waals surface area contributed by atoms with Crippen LogP contribution >= 0.6 is 0 Å². The van der Waals surface area contributed by atoms with Gasteiger partial charge in [-0.1, -0.05) is 30.3 Å². The van der Waals surface area contributed by atoms with E-state index in [1.54, 1.807) is 22.9 Å². The van der Waals surface area contributed by atoms with Crippen LogP contribution in [0.1, 0.15) is 25.3 Å². The second kappa shape index (κ2) is 9.41. The van der Waals surface area contributed by atoms with Gasteiger partial charge in [0.1, 0.15) is 11.6 Å². The van der Waals surface area contributed by atoms with E-state index in [1.165, 1.54) is 5.56 Å². The Morgan fingerprint density at radius 1 is 1.04 bits per heavy atom. The molecule has 0 atom stereocenters. The zero-order valence-corrected chi connectivity index (χ0v) is 16.5. The Morgan fingerprint density at radius 3 is 2.21 bits per heavy atom. The van der Waals surface area contributed by atoms with Crippen molar-refractivity contribution in [3.8, 4) is 6.07 Å². The Kier molecular flexibility index (Phi) is 6.70. The number of likely N-dealkylation sites (tertiary alicyclic amines) is 1. The van der Waals surface area contributed by atoms with Gasteiger partial charge in [-0.3, -0.25) is 9.59 Å². The number of nitrogens with zero attached hydrogens (tertiary/aromatic N) is 4. The van der Waals surface area contributed by atoms with E-state index in [0.29, 0.717) is 32.1 Å². The summed E-state index contributed by atoms with van der Waals surface area (Å²) >= 11 is 0. The van der Waals surface area contributed by atoms with Crippen molar-refractivity contribution in [3.05, 3.63) is 47.7 Å². The number of carbonyl (C=O) groups excluding carboxylic acids is 2. The van der Waals surface area contributed by atoms with Crippen molar-refractivity contribution < 1.29 is 9.59 Å². The fraction of sp³-hybridized carbons (Fsp3) is 0.500. The predicted octanol–water partition coefficient (Wildman–Crippen LogP) is 2.04. The molecule has 1 aromatic rings. The van der Waals surface area contributed by atoms with Crippen molar-refractivity contribution in [1.29, 1.82) is 5.26 Å². The topological polar surface area (TPSA) is 67.6 Å². The molecule has 2 amide bonds. The Labute approximate surface area is 167 Å². The minimum Gasteiger partial charge on any atom is -0.376 e. The first-order valence-corrected chi connectivity index (χ1v) is 10.0. The van der Waals surface area contributed by atoms with Crippen molar-refractivity contribution in [2.45, 2.75) is 26.2 Å². The Bertz CT molecular complexity index is 752. The summed E-state index contributed by atoms with van der Waals surface area (Å²) in [7, 11) is 0. The van der Waals surface area contributed by atoms with E-state index in [4.69, 9.17) is 0 Å². The molecule has 6 nitrogen and oxygen atoms in total. The number of benzene rings is 1. The average Bonchev–Trinajstić information content (AvgIpc) is 2.73. The van der Waals surface area contributed by atoms with Crippen LogP contribution in [-0.2, 0) is 16.0 Å². The first-order chi connectivity index (χ1) is 13.6. The van der Waals surface area contributed by atoms with E-state index in [1.807, 2.05) is 6.07 Å². The summed E-state index contributed by atoms with van der Waals surface area (Å²) in [5.74, 6) is 0.451. The van der Waals surface area contributed by atoms with Gasteiger partial charge in [0.25, 0.3) is 5.91 Å². The van der Waals surface area contributed by atoms with Crippen LogP contribution in [0.2, 0.25) is 0 Å². The van der Waals surface area contributed by atoms with Gasteiger partial charge in [0.2, 0.25) is 5.91 Å². The maximum Gasteiger partial charge on any atom is 0.266 e. The van der Waals surface area contributed by atoms with Gasteiger partial charge >= 0.3 is 0 Å². The predicted molar refractivity (Wildman–Crippen MR) is 107 cm³/mol. The minimum atomic E-state index is -0.225. The lowest BCUT2D eigenvalue weighted by Gasteiger charge is -2.35. The lowest BCUT2D eigenvalue weighted by atomic mass is 9.90. The molecule has 0 saturated carbocycles. The normalized spacial score (nSPS) is 18.7. The van der Waals surface area contributed by atoms with Crippen molar-refractivity contribution in [3.63, 3.8) is 0 Å². The number of hydrogen-bond acceptors (Lipinski definition) is 4. The second-order valence-electron chi connectivity index (χ2n) is 7.62. The molecule has 2 saturated heterocycles. The van der Waals surface area contributed by atoms with Gasteiger partial charge < -0.3 is 14.7 Å². The highest BCUT2D eigenvalue weighted by Gasteiger charge is 2.26. The molecule has 28 heavy (non-hydrogen) atoms. The summed E-state index contributed by atoms with van der Waals surface area (Å²) in [5, 5.41) is 9.49. The largest absolute Gasteiger partial charge is 0.376 e. The third kappa shape index (κ3) is 5.13. The average molecular weight is 380 g/mol. The fourth-order valence-electron chi connectivity index (χ4n) is 3.94. The third-order valence-electron chi connectivity index (χ3n) is 5.69. The van der Waals surface area contributed by atoms with E-state index >= 15 is 0 Å². The number of piperidine rings is 1. The Morgan fingerprint density at radius 2 is 1.64 bits per heavy atom. The van der Waals surface area contributed by atoms with Crippen molar-refractivity contribution in [2.75, 3.05) is 39.3 Å². The van der Waals surface area contributed by atoms with E-state index in [0.717, 1.165) is 32.4 Å². The summed E-state index contributed by atoms with van der Waals surface area (Å²) in [4.78, 5) is 29.6. The summed E-state index contributed by atoms with van der Waals surface area (Å²) in [6.07, 6.45) is 4.95. The molecule has 2 fully saturated rings. The molecule has 0 aliphatic carbocycles. The lowest BCUT2D eigenvalue weighted by Crippen LogP contribution is -2.50. The fourth-order valence-corrected chi connectivity index (χ4v) is 3.94. The van der Waals surface area contributed by atoms with Gasteiger partial charge in [0.15, 0.2) is 0 Å². The van der Waals surface area contributed by atoms with Gasteiger partial charge in [-0.2, -0.15) is 5.26 Å². The van der Waals surface area contributed by atoms with Gasteiger partial charge in [-0.15, -0.1) is 0 Å². The molecule has 0 bridgehead atoms. The quantitative estimate of drug-likeness (QED) is 0.592. The standard InChI is InChI=1S/C22H28N4O2/c1-18(27)25-11-13-26(14-12-25)22(28)21(16-23)17-24-9-7-20(8-10-24)15-19-5-3-2-4-6-19/h2-6,17,20H,7-15H2,1H3/b21-17-. The first-order valence-electron chi connectivity index (χ1n) is 10.0. The summed E-state index contributed by atoms with van der Waals surface area (Å²) in [6.45, 7) is 5.31. The lowest BCUT2D eigenvalue weighted by molar-refractivity contribution is -0.136. The van der Waals surface area contributed by atoms with Crippen LogP contribution in [0.4, 0.5) is 0 Å². The molecular weight excluding hydrogens is 352 g/mol. The van der Waals surface area contributed by atoms with Crippen molar-refractivity contribution in [1.82, 2.24) is 14.7 Å². The molecule has 0 N–H and O–H groups in total. The van der Waals surface area contributed by atoms with Gasteiger partial charge in [0, 0.05) is 52.4 Å². The molecule has 148 valence electrons. The minimum absolute atomic E-state index is 0.0292. The van der Waals surface area contributed by atoms with Gasteiger partial charge in [-0.25, -0.2) is 0 Å². The molecule has 2 heterocycles. The third-order valence-corrected chi connectivity index (χ3v) is 5.69. The zero-order valence-electron chi connectivity index (χ0n) is 16.5. The first kappa shape index (κ1) is 19.9. The Balaban J connectivity index is 1.52. The maximum absolute atomic E-state index is 12.7. The number of carbonyl (C=O) groups is 2. The van der Waals surface area contributed by atoms with E-state index in [2.05, 4.69) is 35.2 Å². The molecule has 0 radical (unpaired) electrons. The van der Waals surface area contributed by atoms with Crippen LogP contribution in [0.15, 0.2) is 42.1 Å². The highest BCUT2D eigenvalue weighted by Crippen LogP contribution is 2.22. The molecule has 3 rings (SSSR count). The van der Waals surface area contributed by atoms with Crippen LogP contribution in [0.5, 0.6) is 0 Å². The van der Waals surface area contributed by atoms with Crippen LogP contribution in [0.25, 0.3) is 0 Å². The highest BCUT2D eigenvalue weighted by molar-refractivity contribution is 5.97. The monoisotopic (exact) mass is 380 g/mol. The zero-order chi connectivity index (χ0) is 19.9. The molecule has 2 aliphatic rings. The van der Waals surface area contributed by atoms with Crippen molar-refractivity contribution >= 4 is 11.8 Å². The highest BCUT2D eigenvalue weighted by atomic mass is 16.2. The van der Waals surface area contributed by atoms with Crippen LogP contribution < -0.4 is 0 Å². The number of nitriles is 1. The van der Waals surface area contributed by atoms with Gasteiger partial charge in [0.05, 0.1) is 0 Å². The molecule has 0 unspecified atom stereocenters. The number of piperazine rings is 1. The summed E-state index contributed by atoms with van der Waals surface area (Å²) < 4.78 is 0. The molecule has 0 spiro atoms. The Hall–Kier alpha value is -2.81. The van der Waals surface area contributed by atoms with Crippen molar-refractivity contribution in [2.24, 2.45) is 5.92 Å². The summed E-state index contributed by atoms with van der Waals surface area (Å²) in [5.41, 5.74) is 1.56. The van der Waals surface area contributed by atoms with Crippen LogP contribution in [0, 0.1) is 17.2 Å². The smallest absolute Gasteiger partial charge is 0.266 e. The number of hydrogen-bond donors (Lipinski definition) is 0. The van der Waals surface area contributed by atoms with E-state index < -0.39 is 0 Å². The van der Waals surface area contributed by atoms with E-state index in [-0.39, 0.29) is 17.4 Å². The van der Waals surface area contributed by atoms with Crippen LogP contribution in [-0.4, -0.2) is 65.8 Å². The second-order valence-corrected chi connectivity index (χ2v) is 7.62. The molecule has 1 aromatic carbocycles. The maximum atomic E-state index is 12.7. The molecular formula is C22H28N4O2. The molecule has 6 heteroatoms. The summed E-state index contributed by atoms with van der Waals surface area (Å²) in [6, 6.07) is 12.6. The van der Waals surface area contributed by atoms with Crippen LogP contribution in [0.3, 0.4) is 0 Å². The SMILES string of the molecule is CC(=O)N1CCN(C(=O)/C(C#N)=C\N2CCC(Cc3ccccc3)CC2)CC1. The van der Waals surface area contributed by atoms with E-state index in [9.17, 15) is 14.9 Å². The number of rotatable bonds is 4. The molecule has 2 aliphatic heterocycles.